The lowest BCUT2D eigenvalue weighted by molar-refractivity contribution is -0.137. The Kier molecular flexibility index (Phi) is 4.91. The van der Waals surface area contributed by atoms with E-state index in [-0.39, 0.29) is 6.54 Å². The van der Waals surface area contributed by atoms with Gasteiger partial charge < -0.3 is 5.73 Å². The second kappa shape index (κ2) is 6.53. The third kappa shape index (κ3) is 4.10. The summed E-state index contributed by atoms with van der Waals surface area (Å²) in [6.07, 6.45) is -3.41. The summed E-state index contributed by atoms with van der Waals surface area (Å²) in [6, 6.07) is 11.7. The van der Waals surface area contributed by atoms with Crippen molar-refractivity contribution >= 4 is 0 Å². The Morgan fingerprint density at radius 2 is 1.55 bits per heavy atom. The topological polar surface area (TPSA) is 26.0 Å². The van der Waals surface area contributed by atoms with E-state index >= 15 is 0 Å². The second-order valence-electron chi connectivity index (χ2n) is 5.92. The van der Waals surface area contributed by atoms with E-state index < -0.39 is 11.7 Å². The van der Waals surface area contributed by atoms with Crippen LogP contribution in [0.5, 0.6) is 0 Å². The molecule has 2 aromatic rings. The fraction of sp³-hybridized carbons (Fsp3) is 0.333. The van der Waals surface area contributed by atoms with Crippen LogP contribution in [-0.2, 0) is 19.1 Å². The Balaban J connectivity index is 2.39. The lowest BCUT2D eigenvalue weighted by Gasteiger charge is -2.12. The van der Waals surface area contributed by atoms with Crippen LogP contribution in [0.4, 0.5) is 13.2 Å². The summed E-state index contributed by atoms with van der Waals surface area (Å²) >= 11 is 0. The van der Waals surface area contributed by atoms with Crippen LogP contribution in [0.1, 0.15) is 30.5 Å². The molecule has 2 rings (SSSR count). The first-order chi connectivity index (χ1) is 10.3. The highest BCUT2D eigenvalue weighted by Gasteiger charge is 2.31. The van der Waals surface area contributed by atoms with Gasteiger partial charge in [-0.15, -0.1) is 0 Å². The second-order valence-corrected chi connectivity index (χ2v) is 5.92. The van der Waals surface area contributed by atoms with Gasteiger partial charge in [-0.25, -0.2) is 0 Å². The maximum Gasteiger partial charge on any atom is 0.416 e. The molecule has 0 radical (unpaired) electrons. The van der Waals surface area contributed by atoms with Gasteiger partial charge in [-0.3, -0.25) is 0 Å². The summed E-state index contributed by atoms with van der Waals surface area (Å²) in [5.41, 5.74) is 7.85. The molecule has 2 aromatic carbocycles. The third-order valence-corrected chi connectivity index (χ3v) is 3.49. The zero-order valence-electron chi connectivity index (χ0n) is 12.7. The molecule has 0 fully saturated rings. The Hall–Kier alpha value is -1.81. The summed E-state index contributed by atoms with van der Waals surface area (Å²) in [5.74, 6) is 0.545. The number of hydrogen-bond acceptors (Lipinski definition) is 1. The summed E-state index contributed by atoms with van der Waals surface area (Å²) in [4.78, 5) is 0. The first-order valence-corrected chi connectivity index (χ1v) is 7.30. The molecule has 22 heavy (non-hydrogen) atoms. The summed E-state index contributed by atoms with van der Waals surface area (Å²) < 4.78 is 38.9. The molecule has 0 saturated carbocycles. The molecule has 0 aliphatic carbocycles. The van der Waals surface area contributed by atoms with Gasteiger partial charge in [0.25, 0.3) is 0 Å². The predicted molar refractivity (Wildman–Crippen MR) is 83.3 cm³/mol. The number of nitrogens with two attached hydrogens (primary N) is 1. The fourth-order valence-electron chi connectivity index (χ4n) is 2.44. The highest BCUT2D eigenvalue weighted by molar-refractivity contribution is 5.65. The molecule has 0 unspecified atom stereocenters. The molecule has 0 aliphatic rings. The molecule has 0 bridgehead atoms. The van der Waals surface area contributed by atoms with E-state index in [0.29, 0.717) is 17.0 Å². The molecule has 0 aliphatic heterocycles. The molecular formula is C18H20F3N. The van der Waals surface area contributed by atoms with Gasteiger partial charge in [-0.2, -0.15) is 13.2 Å². The molecule has 0 atom stereocenters. The molecular weight excluding hydrogens is 287 g/mol. The van der Waals surface area contributed by atoms with Gasteiger partial charge in [0.05, 0.1) is 5.56 Å². The van der Waals surface area contributed by atoms with Crippen molar-refractivity contribution in [1.82, 2.24) is 0 Å². The number of benzene rings is 2. The van der Waals surface area contributed by atoms with E-state index in [9.17, 15) is 13.2 Å². The van der Waals surface area contributed by atoms with E-state index in [1.54, 1.807) is 6.07 Å². The first-order valence-electron chi connectivity index (χ1n) is 7.30. The Morgan fingerprint density at radius 3 is 2.05 bits per heavy atom. The predicted octanol–water partition coefficient (Wildman–Crippen LogP) is 5.03. The maximum atomic E-state index is 13.0. The number of rotatable bonds is 4. The number of halogens is 3. The minimum atomic E-state index is -4.36. The van der Waals surface area contributed by atoms with Crippen LogP contribution in [-0.4, -0.2) is 0 Å². The van der Waals surface area contributed by atoms with Crippen LogP contribution in [0.2, 0.25) is 0 Å². The minimum Gasteiger partial charge on any atom is -0.326 e. The van der Waals surface area contributed by atoms with Gasteiger partial charge in [0.15, 0.2) is 0 Å². The van der Waals surface area contributed by atoms with Gasteiger partial charge >= 0.3 is 6.18 Å². The molecule has 2 N–H and O–H groups in total. The van der Waals surface area contributed by atoms with Gasteiger partial charge in [0.2, 0.25) is 0 Å². The smallest absolute Gasteiger partial charge is 0.326 e. The lowest BCUT2D eigenvalue weighted by atomic mass is 9.96. The number of hydrogen-bond donors (Lipinski definition) is 1. The van der Waals surface area contributed by atoms with Gasteiger partial charge in [0.1, 0.15) is 0 Å². The fourth-order valence-corrected chi connectivity index (χ4v) is 2.44. The molecule has 118 valence electrons. The van der Waals surface area contributed by atoms with E-state index in [1.807, 2.05) is 24.3 Å². The van der Waals surface area contributed by atoms with E-state index in [4.69, 9.17) is 5.73 Å². The van der Waals surface area contributed by atoms with E-state index in [0.717, 1.165) is 18.1 Å². The zero-order valence-corrected chi connectivity index (χ0v) is 12.7. The first kappa shape index (κ1) is 16.6. The van der Waals surface area contributed by atoms with Crippen molar-refractivity contribution < 1.29 is 13.2 Å². The standard InChI is InChI=1S/C18H20F3N/c1-12(2)7-13-3-5-15(6-4-13)16-8-14(11-22)9-17(10-16)18(19,20)21/h3-6,8-10,12H,7,11,22H2,1-2H3. The van der Waals surface area contributed by atoms with Crippen molar-refractivity contribution in [3.05, 3.63) is 59.2 Å². The quantitative estimate of drug-likeness (QED) is 0.842. The lowest BCUT2D eigenvalue weighted by Crippen LogP contribution is -2.07. The average molecular weight is 307 g/mol. The normalized spacial score (nSPS) is 12.0. The van der Waals surface area contributed by atoms with Crippen LogP contribution in [0, 0.1) is 5.92 Å². The highest BCUT2D eigenvalue weighted by atomic mass is 19.4. The van der Waals surface area contributed by atoms with Crippen molar-refractivity contribution in [3.63, 3.8) is 0 Å². The summed E-state index contributed by atoms with van der Waals surface area (Å²) in [6.45, 7) is 4.35. The van der Waals surface area contributed by atoms with Crippen LogP contribution >= 0.6 is 0 Å². The Labute approximate surface area is 129 Å². The summed E-state index contributed by atoms with van der Waals surface area (Å²) in [5, 5.41) is 0. The van der Waals surface area contributed by atoms with Gasteiger partial charge in [-0.1, -0.05) is 38.1 Å². The Morgan fingerprint density at radius 1 is 0.909 bits per heavy atom. The van der Waals surface area contributed by atoms with Crippen LogP contribution in [0.3, 0.4) is 0 Å². The molecule has 0 aromatic heterocycles. The van der Waals surface area contributed by atoms with Crippen molar-refractivity contribution in [2.24, 2.45) is 11.7 Å². The van der Waals surface area contributed by atoms with Gasteiger partial charge in [0, 0.05) is 6.54 Å². The maximum absolute atomic E-state index is 13.0. The Bertz CT molecular complexity index is 628. The molecule has 0 saturated heterocycles. The molecule has 0 spiro atoms. The minimum absolute atomic E-state index is 0.0857. The number of alkyl halides is 3. The largest absolute Gasteiger partial charge is 0.416 e. The SMILES string of the molecule is CC(C)Cc1ccc(-c2cc(CN)cc(C(F)(F)F)c2)cc1. The van der Waals surface area contributed by atoms with Crippen molar-refractivity contribution in [2.45, 2.75) is 33.0 Å². The highest BCUT2D eigenvalue weighted by Crippen LogP contribution is 2.33. The molecule has 0 heterocycles. The molecule has 1 nitrogen and oxygen atoms in total. The summed E-state index contributed by atoms with van der Waals surface area (Å²) in [7, 11) is 0. The van der Waals surface area contributed by atoms with E-state index in [1.165, 1.54) is 11.6 Å². The average Bonchev–Trinajstić information content (AvgIpc) is 2.46. The van der Waals surface area contributed by atoms with Crippen molar-refractivity contribution in [2.75, 3.05) is 0 Å². The zero-order chi connectivity index (χ0) is 16.3. The molecule has 4 heteroatoms. The molecule has 0 amide bonds. The van der Waals surface area contributed by atoms with Gasteiger partial charge in [-0.05, 0) is 52.8 Å². The van der Waals surface area contributed by atoms with Crippen molar-refractivity contribution in [1.29, 1.82) is 0 Å². The van der Waals surface area contributed by atoms with Crippen LogP contribution < -0.4 is 5.73 Å². The monoisotopic (exact) mass is 307 g/mol. The third-order valence-electron chi connectivity index (χ3n) is 3.49. The van der Waals surface area contributed by atoms with E-state index in [2.05, 4.69) is 13.8 Å². The van der Waals surface area contributed by atoms with Crippen LogP contribution in [0.25, 0.3) is 11.1 Å². The van der Waals surface area contributed by atoms with Crippen molar-refractivity contribution in [3.8, 4) is 11.1 Å². The van der Waals surface area contributed by atoms with Crippen LogP contribution in [0.15, 0.2) is 42.5 Å².